The first kappa shape index (κ1) is 11.6. The van der Waals surface area contributed by atoms with Crippen molar-refractivity contribution in [2.24, 2.45) is 0 Å². The molecule has 0 aromatic heterocycles. The van der Waals surface area contributed by atoms with Gasteiger partial charge >= 0.3 is 6.43 Å². The number of nitrogens with zero attached hydrogens (tertiary/aromatic N) is 1. The van der Waals surface area contributed by atoms with Gasteiger partial charge in [0.05, 0.1) is 0 Å². The third-order valence-electron chi connectivity index (χ3n) is 2.14. The van der Waals surface area contributed by atoms with Crippen molar-refractivity contribution >= 4 is 5.91 Å². The van der Waals surface area contributed by atoms with Gasteiger partial charge in [-0.05, 0) is 12.0 Å². The van der Waals surface area contributed by atoms with Crippen LogP contribution in [0.1, 0.15) is 5.56 Å². The smallest absolute Gasteiger partial charge is 0.315 e. The number of likely N-dealkylation sites (N-methyl/N-ethyl adjacent to an activating group) is 1. The molecular formula is C11H13F2NO. The van der Waals surface area contributed by atoms with Gasteiger partial charge in [0.1, 0.15) is 0 Å². The van der Waals surface area contributed by atoms with Crippen LogP contribution in [0.4, 0.5) is 8.78 Å². The Morgan fingerprint density at radius 2 is 1.93 bits per heavy atom. The summed E-state index contributed by atoms with van der Waals surface area (Å²) in [6, 6.07) is 9.45. The van der Waals surface area contributed by atoms with Gasteiger partial charge in [0.25, 0.3) is 5.91 Å². The van der Waals surface area contributed by atoms with Gasteiger partial charge in [0, 0.05) is 13.6 Å². The molecule has 1 rings (SSSR count). The first-order chi connectivity index (χ1) is 7.11. The Hall–Kier alpha value is -1.45. The van der Waals surface area contributed by atoms with Crippen molar-refractivity contribution in [3.05, 3.63) is 35.9 Å². The molecule has 1 amide bonds. The minimum atomic E-state index is -2.91. The van der Waals surface area contributed by atoms with Crippen LogP contribution in [0.25, 0.3) is 0 Å². The predicted molar refractivity (Wildman–Crippen MR) is 53.8 cm³/mol. The molecule has 0 saturated carbocycles. The number of amides is 1. The molecule has 0 aliphatic carbocycles. The Morgan fingerprint density at radius 1 is 1.33 bits per heavy atom. The summed E-state index contributed by atoms with van der Waals surface area (Å²) >= 11 is 0. The van der Waals surface area contributed by atoms with Crippen LogP contribution in [0, 0.1) is 0 Å². The van der Waals surface area contributed by atoms with Crippen molar-refractivity contribution in [2.75, 3.05) is 13.6 Å². The zero-order valence-corrected chi connectivity index (χ0v) is 8.49. The van der Waals surface area contributed by atoms with Gasteiger partial charge in [-0.3, -0.25) is 4.79 Å². The molecule has 1 aromatic carbocycles. The van der Waals surface area contributed by atoms with E-state index in [1.807, 2.05) is 30.3 Å². The number of hydrogen-bond acceptors (Lipinski definition) is 1. The average Bonchev–Trinajstić information content (AvgIpc) is 2.26. The molecule has 82 valence electrons. The Morgan fingerprint density at radius 3 is 2.47 bits per heavy atom. The molecule has 0 heterocycles. The topological polar surface area (TPSA) is 20.3 Å². The van der Waals surface area contributed by atoms with E-state index in [1.165, 1.54) is 7.05 Å². The largest absolute Gasteiger partial charge is 0.340 e. The molecule has 0 unspecified atom stereocenters. The number of hydrogen-bond donors (Lipinski definition) is 0. The number of carbonyl (C=O) groups excluding carboxylic acids is 1. The van der Waals surface area contributed by atoms with Gasteiger partial charge in [0.2, 0.25) is 0 Å². The molecule has 0 saturated heterocycles. The van der Waals surface area contributed by atoms with Crippen LogP contribution in [0.15, 0.2) is 30.3 Å². The van der Waals surface area contributed by atoms with Crippen molar-refractivity contribution in [3.63, 3.8) is 0 Å². The maximum absolute atomic E-state index is 12.0. The molecule has 0 N–H and O–H groups in total. The van der Waals surface area contributed by atoms with E-state index >= 15 is 0 Å². The number of halogens is 2. The molecule has 0 spiro atoms. The summed E-state index contributed by atoms with van der Waals surface area (Å²) in [5, 5.41) is 0. The maximum Gasteiger partial charge on any atom is 0.315 e. The highest BCUT2D eigenvalue weighted by Gasteiger charge is 2.19. The second-order valence-corrected chi connectivity index (χ2v) is 3.30. The zero-order chi connectivity index (χ0) is 11.3. The van der Waals surface area contributed by atoms with Crippen molar-refractivity contribution in [3.8, 4) is 0 Å². The lowest BCUT2D eigenvalue weighted by Gasteiger charge is -2.16. The lowest BCUT2D eigenvalue weighted by Crippen LogP contribution is -2.33. The molecule has 0 radical (unpaired) electrons. The second-order valence-electron chi connectivity index (χ2n) is 3.30. The van der Waals surface area contributed by atoms with E-state index in [9.17, 15) is 13.6 Å². The summed E-state index contributed by atoms with van der Waals surface area (Å²) in [4.78, 5) is 11.9. The number of benzene rings is 1. The fraction of sp³-hybridized carbons (Fsp3) is 0.364. The van der Waals surface area contributed by atoms with Gasteiger partial charge in [0.15, 0.2) is 0 Å². The SMILES string of the molecule is CN(CCc1ccccc1)C(=O)C(F)F. The molecule has 4 heteroatoms. The van der Waals surface area contributed by atoms with Gasteiger partial charge < -0.3 is 4.90 Å². The normalized spacial score (nSPS) is 10.4. The van der Waals surface area contributed by atoms with Gasteiger partial charge in [-0.2, -0.15) is 8.78 Å². The number of alkyl halides is 2. The third kappa shape index (κ3) is 3.65. The highest BCUT2D eigenvalue weighted by atomic mass is 19.3. The van der Waals surface area contributed by atoms with Crippen LogP contribution < -0.4 is 0 Å². The van der Waals surface area contributed by atoms with E-state index < -0.39 is 12.3 Å². The van der Waals surface area contributed by atoms with E-state index in [1.54, 1.807) is 0 Å². The Labute approximate surface area is 87.5 Å². The van der Waals surface area contributed by atoms with Crippen molar-refractivity contribution in [2.45, 2.75) is 12.8 Å². The van der Waals surface area contributed by atoms with E-state index in [-0.39, 0.29) is 0 Å². The average molecular weight is 213 g/mol. The Bertz CT molecular complexity index is 314. The fourth-order valence-electron chi connectivity index (χ4n) is 1.22. The van der Waals surface area contributed by atoms with Crippen molar-refractivity contribution in [1.82, 2.24) is 4.90 Å². The molecular weight excluding hydrogens is 200 g/mol. The predicted octanol–water partition coefficient (Wildman–Crippen LogP) is 1.95. The van der Waals surface area contributed by atoms with Crippen LogP contribution in [0.5, 0.6) is 0 Å². The quantitative estimate of drug-likeness (QED) is 0.748. The lowest BCUT2D eigenvalue weighted by molar-refractivity contribution is -0.141. The van der Waals surface area contributed by atoms with Gasteiger partial charge in [-0.1, -0.05) is 30.3 Å². The molecule has 0 aliphatic rings. The number of rotatable bonds is 4. The van der Waals surface area contributed by atoms with Crippen molar-refractivity contribution in [1.29, 1.82) is 0 Å². The zero-order valence-electron chi connectivity index (χ0n) is 8.49. The molecule has 1 aromatic rings. The summed E-state index contributed by atoms with van der Waals surface area (Å²) in [6.07, 6.45) is -2.32. The van der Waals surface area contributed by atoms with Gasteiger partial charge in [-0.15, -0.1) is 0 Å². The van der Waals surface area contributed by atoms with Crippen LogP contribution in [-0.4, -0.2) is 30.8 Å². The van der Waals surface area contributed by atoms with Crippen LogP contribution >= 0.6 is 0 Å². The van der Waals surface area contributed by atoms with E-state index in [0.717, 1.165) is 10.5 Å². The maximum atomic E-state index is 12.0. The molecule has 2 nitrogen and oxygen atoms in total. The molecule has 0 fully saturated rings. The fourth-order valence-corrected chi connectivity index (χ4v) is 1.22. The monoisotopic (exact) mass is 213 g/mol. The number of carbonyl (C=O) groups is 1. The summed E-state index contributed by atoms with van der Waals surface area (Å²) < 4.78 is 24.0. The molecule has 15 heavy (non-hydrogen) atoms. The van der Waals surface area contributed by atoms with E-state index in [4.69, 9.17) is 0 Å². The Balaban J connectivity index is 2.41. The van der Waals surface area contributed by atoms with Gasteiger partial charge in [-0.25, -0.2) is 0 Å². The highest BCUT2D eigenvalue weighted by molar-refractivity contribution is 5.78. The Kier molecular flexibility index (Phi) is 4.21. The first-order valence-corrected chi connectivity index (χ1v) is 4.68. The minimum absolute atomic E-state index is 0.313. The summed E-state index contributed by atoms with van der Waals surface area (Å²) in [5.74, 6) is -1.12. The lowest BCUT2D eigenvalue weighted by atomic mass is 10.1. The summed E-state index contributed by atoms with van der Waals surface area (Å²) in [7, 11) is 1.39. The summed E-state index contributed by atoms with van der Waals surface area (Å²) in [5.41, 5.74) is 1.03. The van der Waals surface area contributed by atoms with Crippen LogP contribution in [0.3, 0.4) is 0 Å². The minimum Gasteiger partial charge on any atom is -0.340 e. The summed E-state index contributed by atoms with van der Waals surface area (Å²) in [6.45, 7) is 0.313. The van der Waals surface area contributed by atoms with Crippen LogP contribution in [0.2, 0.25) is 0 Å². The van der Waals surface area contributed by atoms with E-state index in [0.29, 0.717) is 13.0 Å². The second kappa shape index (κ2) is 5.44. The molecule has 0 aliphatic heterocycles. The van der Waals surface area contributed by atoms with Crippen LogP contribution in [-0.2, 0) is 11.2 Å². The molecule has 0 bridgehead atoms. The third-order valence-corrected chi connectivity index (χ3v) is 2.14. The standard InChI is InChI=1S/C11H13F2NO/c1-14(11(15)10(12)13)8-7-9-5-3-2-4-6-9/h2-6,10H,7-8H2,1H3. The molecule has 0 atom stereocenters. The first-order valence-electron chi connectivity index (χ1n) is 4.68. The van der Waals surface area contributed by atoms with E-state index in [2.05, 4.69) is 0 Å². The van der Waals surface area contributed by atoms with Crippen molar-refractivity contribution < 1.29 is 13.6 Å². The highest BCUT2D eigenvalue weighted by Crippen LogP contribution is 2.03.